The highest BCUT2D eigenvalue weighted by Gasteiger charge is 2.37. The number of benzene rings is 1. The molecule has 2 atom stereocenters. The van der Waals surface area contributed by atoms with Gasteiger partial charge in [-0.3, -0.25) is 0 Å². The van der Waals surface area contributed by atoms with Crippen LogP contribution in [0.5, 0.6) is 11.5 Å². The molecular formula is C17H29NO3. The van der Waals surface area contributed by atoms with Crippen molar-refractivity contribution in [3.05, 3.63) is 23.8 Å². The molecule has 120 valence electrons. The number of nitrogens with one attached hydrogen (secondary N) is 1. The Morgan fingerprint density at radius 1 is 1.10 bits per heavy atom. The predicted octanol–water partition coefficient (Wildman–Crippen LogP) is 3.56. The first-order valence-corrected chi connectivity index (χ1v) is 7.57. The maximum Gasteiger partial charge on any atom is 0.127 e. The van der Waals surface area contributed by atoms with E-state index >= 15 is 0 Å². The van der Waals surface area contributed by atoms with Crippen LogP contribution in [0, 0.1) is 0 Å². The number of rotatable bonds is 9. The van der Waals surface area contributed by atoms with E-state index in [1.807, 2.05) is 18.2 Å². The number of hydrogen-bond donors (Lipinski definition) is 1. The first-order chi connectivity index (χ1) is 10.1. The first kappa shape index (κ1) is 17.8. The van der Waals surface area contributed by atoms with Crippen molar-refractivity contribution in [2.45, 2.75) is 45.3 Å². The minimum atomic E-state index is -0.336. The standard InChI is InChI=1S/C17H29NO3/c1-7-12-18-16(17(3,8-2)21-6)15-13(19-4)10-9-11-14(15)20-5/h9-11,16,18H,7-8,12H2,1-6H3. The average Bonchev–Trinajstić information content (AvgIpc) is 2.54. The zero-order valence-corrected chi connectivity index (χ0v) is 14.2. The highest BCUT2D eigenvalue weighted by atomic mass is 16.5. The topological polar surface area (TPSA) is 39.7 Å². The van der Waals surface area contributed by atoms with Crippen molar-refractivity contribution >= 4 is 0 Å². The van der Waals surface area contributed by atoms with Gasteiger partial charge in [-0.2, -0.15) is 0 Å². The summed E-state index contributed by atoms with van der Waals surface area (Å²) in [4.78, 5) is 0. The second-order valence-electron chi connectivity index (χ2n) is 5.33. The molecule has 0 aromatic heterocycles. The van der Waals surface area contributed by atoms with Gasteiger partial charge < -0.3 is 19.5 Å². The van der Waals surface area contributed by atoms with Gasteiger partial charge in [-0.05, 0) is 38.4 Å². The van der Waals surface area contributed by atoms with E-state index in [9.17, 15) is 0 Å². The smallest absolute Gasteiger partial charge is 0.127 e. The predicted molar refractivity (Wildman–Crippen MR) is 86.3 cm³/mol. The SMILES string of the molecule is CCCNC(c1c(OC)cccc1OC)C(C)(CC)OC. The molecule has 1 N–H and O–H groups in total. The van der Waals surface area contributed by atoms with Crippen molar-refractivity contribution in [2.24, 2.45) is 0 Å². The van der Waals surface area contributed by atoms with Gasteiger partial charge in [0.2, 0.25) is 0 Å². The second-order valence-corrected chi connectivity index (χ2v) is 5.33. The van der Waals surface area contributed by atoms with Gasteiger partial charge in [0.25, 0.3) is 0 Å². The first-order valence-electron chi connectivity index (χ1n) is 7.57. The van der Waals surface area contributed by atoms with Crippen LogP contribution >= 0.6 is 0 Å². The number of ether oxygens (including phenoxy) is 3. The zero-order valence-electron chi connectivity index (χ0n) is 14.2. The summed E-state index contributed by atoms with van der Waals surface area (Å²) in [7, 11) is 5.13. The molecule has 2 unspecified atom stereocenters. The second kappa shape index (κ2) is 8.25. The van der Waals surface area contributed by atoms with E-state index in [0.717, 1.165) is 36.4 Å². The molecule has 0 fully saturated rings. The summed E-state index contributed by atoms with van der Waals surface area (Å²) in [5.74, 6) is 1.64. The van der Waals surface area contributed by atoms with Crippen LogP contribution < -0.4 is 14.8 Å². The fraction of sp³-hybridized carbons (Fsp3) is 0.647. The van der Waals surface area contributed by atoms with Crippen molar-refractivity contribution < 1.29 is 14.2 Å². The normalized spacial score (nSPS) is 15.3. The molecule has 1 aromatic rings. The van der Waals surface area contributed by atoms with Crippen LogP contribution in [-0.4, -0.2) is 33.5 Å². The molecular weight excluding hydrogens is 266 g/mol. The summed E-state index contributed by atoms with van der Waals surface area (Å²) in [6.45, 7) is 7.31. The zero-order chi connectivity index (χ0) is 15.9. The Hall–Kier alpha value is -1.26. The minimum absolute atomic E-state index is 0.00134. The summed E-state index contributed by atoms with van der Waals surface area (Å²) in [6, 6.07) is 5.86. The minimum Gasteiger partial charge on any atom is -0.496 e. The molecule has 0 heterocycles. The van der Waals surface area contributed by atoms with Crippen LogP contribution in [0.1, 0.15) is 45.2 Å². The van der Waals surface area contributed by atoms with E-state index in [1.54, 1.807) is 21.3 Å². The van der Waals surface area contributed by atoms with E-state index in [2.05, 4.69) is 26.1 Å². The molecule has 0 radical (unpaired) electrons. The van der Waals surface area contributed by atoms with Crippen LogP contribution in [0.25, 0.3) is 0 Å². The maximum atomic E-state index is 5.83. The molecule has 0 saturated heterocycles. The molecule has 0 aliphatic heterocycles. The molecule has 0 spiro atoms. The van der Waals surface area contributed by atoms with E-state index in [0.29, 0.717) is 0 Å². The monoisotopic (exact) mass is 295 g/mol. The van der Waals surface area contributed by atoms with E-state index in [1.165, 1.54) is 0 Å². The Labute approximate surface area is 128 Å². The lowest BCUT2D eigenvalue weighted by Gasteiger charge is -2.38. The lowest BCUT2D eigenvalue weighted by molar-refractivity contribution is -0.0310. The molecule has 0 bridgehead atoms. The van der Waals surface area contributed by atoms with Gasteiger partial charge in [0, 0.05) is 7.11 Å². The summed E-state index contributed by atoms with van der Waals surface area (Å²) >= 11 is 0. The fourth-order valence-corrected chi connectivity index (χ4v) is 2.54. The van der Waals surface area contributed by atoms with E-state index in [4.69, 9.17) is 14.2 Å². The summed E-state index contributed by atoms with van der Waals surface area (Å²) < 4.78 is 16.9. The fourth-order valence-electron chi connectivity index (χ4n) is 2.54. The van der Waals surface area contributed by atoms with Crippen molar-refractivity contribution in [3.63, 3.8) is 0 Å². The van der Waals surface area contributed by atoms with Crippen LogP contribution in [0.3, 0.4) is 0 Å². The largest absolute Gasteiger partial charge is 0.496 e. The Morgan fingerprint density at radius 3 is 2.05 bits per heavy atom. The quantitative estimate of drug-likeness (QED) is 0.756. The summed E-state index contributed by atoms with van der Waals surface area (Å²) in [5, 5.41) is 3.59. The number of methoxy groups -OCH3 is 3. The van der Waals surface area contributed by atoms with Gasteiger partial charge in [-0.15, -0.1) is 0 Å². The van der Waals surface area contributed by atoms with Crippen LogP contribution in [-0.2, 0) is 4.74 Å². The molecule has 4 nitrogen and oxygen atoms in total. The Balaban J connectivity index is 3.37. The molecule has 21 heavy (non-hydrogen) atoms. The maximum absolute atomic E-state index is 5.83. The van der Waals surface area contributed by atoms with Gasteiger partial charge in [0.15, 0.2) is 0 Å². The highest BCUT2D eigenvalue weighted by molar-refractivity contribution is 5.48. The average molecular weight is 295 g/mol. The molecule has 1 aromatic carbocycles. The molecule has 0 aliphatic carbocycles. The summed E-state index contributed by atoms with van der Waals surface area (Å²) in [5.41, 5.74) is 0.680. The van der Waals surface area contributed by atoms with Gasteiger partial charge in [-0.25, -0.2) is 0 Å². The van der Waals surface area contributed by atoms with E-state index < -0.39 is 0 Å². The molecule has 1 rings (SSSR count). The molecule has 0 aliphatic rings. The van der Waals surface area contributed by atoms with Crippen molar-refractivity contribution in [1.82, 2.24) is 5.32 Å². The van der Waals surface area contributed by atoms with Crippen LogP contribution in [0.2, 0.25) is 0 Å². The van der Waals surface area contributed by atoms with Gasteiger partial charge in [-0.1, -0.05) is 19.9 Å². The Kier molecular flexibility index (Phi) is 6.99. The van der Waals surface area contributed by atoms with Gasteiger partial charge in [0.05, 0.1) is 31.4 Å². The summed E-state index contributed by atoms with van der Waals surface area (Å²) in [6.07, 6.45) is 1.93. The Morgan fingerprint density at radius 2 is 1.67 bits per heavy atom. The van der Waals surface area contributed by atoms with Crippen LogP contribution in [0.15, 0.2) is 18.2 Å². The lowest BCUT2D eigenvalue weighted by Crippen LogP contribution is -2.43. The molecule has 4 heteroatoms. The Bertz CT molecular complexity index is 408. The molecule has 0 saturated carbocycles. The third kappa shape index (κ3) is 3.89. The highest BCUT2D eigenvalue weighted by Crippen LogP contribution is 2.41. The van der Waals surface area contributed by atoms with Crippen molar-refractivity contribution in [2.75, 3.05) is 27.9 Å². The lowest BCUT2D eigenvalue weighted by atomic mass is 9.86. The third-order valence-corrected chi connectivity index (χ3v) is 4.13. The van der Waals surface area contributed by atoms with Gasteiger partial charge in [0.1, 0.15) is 11.5 Å². The van der Waals surface area contributed by atoms with Gasteiger partial charge >= 0.3 is 0 Å². The third-order valence-electron chi connectivity index (χ3n) is 4.13. The molecule has 0 amide bonds. The van der Waals surface area contributed by atoms with Crippen molar-refractivity contribution in [1.29, 1.82) is 0 Å². The van der Waals surface area contributed by atoms with E-state index in [-0.39, 0.29) is 11.6 Å². The van der Waals surface area contributed by atoms with Crippen molar-refractivity contribution in [3.8, 4) is 11.5 Å². The number of hydrogen-bond acceptors (Lipinski definition) is 4. The van der Waals surface area contributed by atoms with Crippen LogP contribution in [0.4, 0.5) is 0 Å².